The first kappa shape index (κ1) is 8.58. The first-order valence-corrected chi connectivity index (χ1v) is 3.72. The minimum absolute atomic E-state index is 0.00377. The number of nitrogens with two attached hydrogens (primary N) is 1. The zero-order valence-electron chi connectivity index (χ0n) is 6.95. The Labute approximate surface area is 70.5 Å². The summed E-state index contributed by atoms with van der Waals surface area (Å²) >= 11 is 0. The lowest BCUT2D eigenvalue weighted by Crippen LogP contribution is -2.19. The number of hydrogen-bond donors (Lipinski definition) is 2. The molecule has 0 aliphatic heterocycles. The summed E-state index contributed by atoms with van der Waals surface area (Å²) in [5, 5.41) is 6.46. The van der Waals surface area contributed by atoms with Crippen LogP contribution in [0.15, 0.2) is 12.3 Å². The van der Waals surface area contributed by atoms with E-state index in [4.69, 9.17) is 5.73 Å². The van der Waals surface area contributed by atoms with E-state index in [-0.39, 0.29) is 5.91 Å². The third-order valence-electron chi connectivity index (χ3n) is 1.51. The number of hydrogen-bond acceptors (Lipinski definition) is 3. The first-order chi connectivity index (χ1) is 5.72. The van der Waals surface area contributed by atoms with Crippen molar-refractivity contribution in [3.8, 4) is 0 Å². The number of carbonyl (C=O) groups is 1. The second kappa shape index (κ2) is 3.75. The molecule has 0 saturated heterocycles. The fourth-order valence-corrected chi connectivity index (χ4v) is 0.843. The molecule has 0 aliphatic rings. The van der Waals surface area contributed by atoms with E-state index in [0.29, 0.717) is 18.8 Å². The van der Waals surface area contributed by atoms with Crippen LogP contribution in [0.5, 0.6) is 0 Å². The van der Waals surface area contributed by atoms with Gasteiger partial charge in [-0.3, -0.25) is 9.48 Å². The van der Waals surface area contributed by atoms with E-state index in [1.807, 2.05) is 0 Å². The topological polar surface area (TPSA) is 72.9 Å². The molecule has 0 saturated carbocycles. The van der Waals surface area contributed by atoms with Gasteiger partial charge in [0, 0.05) is 26.2 Å². The summed E-state index contributed by atoms with van der Waals surface area (Å²) in [6.45, 7) is 0.566. The molecule has 0 radical (unpaired) electrons. The smallest absolute Gasteiger partial charge is 0.221 e. The molecule has 0 aliphatic carbocycles. The van der Waals surface area contributed by atoms with Crippen molar-refractivity contribution >= 4 is 11.7 Å². The maximum absolute atomic E-state index is 10.8. The molecule has 1 rings (SSSR count). The van der Waals surface area contributed by atoms with Crippen LogP contribution in [-0.2, 0) is 11.3 Å². The van der Waals surface area contributed by atoms with Crippen LogP contribution in [0.1, 0.15) is 6.42 Å². The molecule has 0 aromatic carbocycles. The molecular formula is C7H12N4O. The predicted octanol–water partition coefficient (Wildman–Crippen LogP) is -0.399. The Morgan fingerprint density at radius 3 is 3.08 bits per heavy atom. The van der Waals surface area contributed by atoms with Crippen molar-refractivity contribution < 1.29 is 4.79 Å². The Hall–Kier alpha value is -1.52. The summed E-state index contributed by atoms with van der Waals surface area (Å²) in [7, 11) is 1.61. The summed E-state index contributed by atoms with van der Waals surface area (Å²) < 4.78 is 1.64. The molecule has 12 heavy (non-hydrogen) atoms. The molecule has 0 spiro atoms. The van der Waals surface area contributed by atoms with Gasteiger partial charge in [-0.15, -0.1) is 0 Å². The zero-order valence-corrected chi connectivity index (χ0v) is 6.95. The van der Waals surface area contributed by atoms with Gasteiger partial charge < -0.3 is 11.1 Å². The SMILES string of the molecule is CNC(=O)CCn1ccc(N)n1. The molecule has 0 fully saturated rings. The normalized spacial score (nSPS) is 9.75. The van der Waals surface area contributed by atoms with Gasteiger partial charge in [0.05, 0.1) is 0 Å². The molecule has 0 unspecified atom stereocenters. The lowest BCUT2D eigenvalue weighted by molar-refractivity contribution is -0.120. The van der Waals surface area contributed by atoms with E-state index in [9.17, 15) is 4.79 Å². The number of anilines is 1. The molecule has 66 valence electrons. The van der Waals surface area contributed by atoms with Gasteiger partial charge >= 0.3 is 0 Å². The lowest BCUT2D eigenvalue weighted by Gasteiger charge is -1.99. The zero-order chi connectivity index (χ0) is 8.97. The number of amides is 1. The highest BCUT2D eigenvalue weighted by molar-refractivity contribution is 5.75. The lowest BCUT2D eigenvalue weighted by atomic mass is 10.4. The molecule has 1 heterocycles. The van der Waals surface area contributed by atoms with Gasteiger partial charge in [0.2, 0.25) is 5.91 Å². The predicted molar refractivity (Wildman–Crippen MR) is 45.3 cm³/mol. The molecule has 5 heteroatoms. The largest absolute Gasteiger partial charge is 0.382 e. The third kappa shape index (κ3) is 2.26. The van der Waals surface area contributed by atoms with Crippen molar-refractivity contribution in [2.45, 2.75) is 13.0 Å². The summed E-state index contributed by atoms with van der Waals surface area (Å²) in [4.78, 5) is 10.8. The number of nitrogens with one attached hydrogen (secondary N) is 1. The Bertz CT molecular complexity index is 268. The van der Waals surface area contributed by atoms with Gasteiger partial charge in [-0.2, -0.15) is 5.10 Å². The van der Waals surface area contributed by atoms with Gasteiger partial charge in [0.25, 0.3) is 0 Å². The highest BCUT2D eigenvalue weighted by Gasteiger charge is 1.99. The van der Waals surface area contributed by atoms with Crippen molar-refractivity contribution in [2.75, 3.05) is 12.8 Å². The van der Waals surface area contributed by atoms with Crippen LogP contribution >= 0.6 is 0 Å². The fraction of sp³-hybridized carbons (Fsp3) is 0.429. The van der Waals surface area contributed by atoms with E-state index in [0.717, 1.165) is 0 Å². The first-order valence-electron chi connectivity index (χ1n) is 3.72. The molecular weight excluding hydrogens is 156 g/mol. The van der Waals surface area contributed by atoms with E-state index in [1.54, 1.807) is 24.0 Å². The summed E-state index contributed by atoms with van der Waals surface area (Å²) in [5.74, 6) is 0.482. The average molecular weight is 168 g/mol. The Kier molecular flexibility index (Phi) is 2.68. The van der Waals surface area contributed by atoms with Crippen molar-refractivity contribution in [3.63, 3.8) is 0 Å². The average Bonchev–Trinajstić information content (AvgIpc) is 2.47. The fourth-order valence-electron chi connectivity index (χ4n) is 0.843. The Morgan fingerprint density at radius 2 is 2.58 bits per heavy atom. The Morgan fingerprint density at radius 1 is 1.83 bits per heavy atom. The molecule has 5 nitrogen and oxygen atoms in total. The van der Waals surface area contributed by atoms with Gasteiger partial charge in [0.1, 0.15) is 5.82 Å². The van der Waals surface area contributed by atoms with Gasteiger partial charge in [-0.25, -0.2) is 0 Å². The monoisotopic (exact) mass is 168 g/mol. The van der Waals surface area contributed by atoms with Crippen LogP contribution in [0.2, 0.25) is 0 Å². The van der Waals surface area contributed by atoms with Crippen LogP contribution in [0.4, 0.5) is 5.82 Å². The number of rotatable bonds is 3. The number of carbonyl (C=O) groups excluding carboxylic acids is 1. The standard InChI is InChI=1S/C7H12N4O/c1-9-7(12)3-5-11-4-2-6(8)10-11/h2,4H,3,5H2,1H3,(H2,8,10)(H,9,12). The molecule has 0 bridgehead atoms. The van der Waals surface area contributed by atoms with Crippen molar-refractivity contribution in [1.29, 1.82) is 0 Å². The quantitative estimate of drug-likeness (QED) is 0.645. The van der Waals surface area contributed by atoms with Crippen LogP contribution in [0.25, 0.3) is 0 Å². The minimum Gasteiger partial charge on any atom is -0.382 e. The summed E-state index contributed by atoms with van der Waals surface area (Å²) in [5.41, 5.74) is 5.38. The number of aryl methyl sites for hydroxylation is 1. The molecule has 3 N–H and O–H groups in total. The minimum atomic E-state index is 0.00377. The van der Waals surface area contributed by atoms with Gasteiger partial charge in [0.15, 0.2) is 0 Å². The van der Waals surface area contributed by atoms with Crippen LogP contribution < -0.4 is 11.1 Å². The summed E-state index contributed by atoms with van der Waals surface area (Å²) in [6.07, 6.45) is 2.18. The van der Waals surface area contributed by atoms with Crippen LogP contribution in [-0.4, -0.2) is 22.7 Å². The second-order valence-electron chi connectivity index (χ2n) is 2.43. The van der Waals surface area contributed by atoms with Crippen molar-refractivity contribution in [2.24, 2.45) is 0 Å². The number of nitrogens with zero attached hydrogens (tertiary/aromatic N) is 2. The summed E-state index contributed by atoms with van der Waals surface area (Å²) in [6, 6.07) is 1.70. The van der Waals surface area contributed by atoms with Crippen LogP contribution in [0.3, 0.4) is 0 Å². The molecule has 1 aromatic heterocycles. The van der Waals surface area contributed by atoms with E-state index in [1.165, 1.54) is 0 Å². The molecule has 1 aromatic rings. The van der Waals surface area contributed by atoms with Crippen molar-refractivity contribution in [1.82, 2.24) is 15.1 Å². The number of nitrogen functional groups attached to an aromatic ring is 1. The number of aromatic nitrogens is 2. The van der Waals surface area contributed by atoms with Gasteiger partial charge in [-0.05, 0) is 6.07 Å². The maximum atomic E-state index is 10.8. The molecule has 1 amide bonds. The van der Waals surface area contributed by atoms with Crippen LogP contribution in [0, 0.1) is 0 Å². The van der Waals surface area contributed by atoms with E-state index in [2.05, 4.69) is 10.4 Å². The highest BCUT2D eigenvalue weighted by atomic mass is 16.1. The Balaban J connectivity index is 2.38. The second-order valence-corrected chi connectivity index (χ2v) is 2.43. The van der Waals surface area contributed by atoms with E-state index >= 15 is 0 Å². The van der Waals surface area contributed by atoms with Gasteiger partial charge in [-0.1, -0.05) is 0 Å². The molecule has 0 atom stereocenters. The highest BCUT2D eigenvalue weighted by Crippen LogP contribution is 1.96. The van der Waals surface area contributed by atoms with E-state index < -0.39 is 0 Å². The maximum Gasteiger partial charge on any atom is 0.221 e. The third-order valence-corrected chi connectivity index (χ3v) is 1.51. The van der Waals surface area contributed by atoms with Crippen molar-refractivity contribution in [3.05, 3.63) is 12.3 Å².